The van der Waals surface area contributed by atoms with E-state index in [1.54, 1.807) is 18.3 Å². The zero-order valence-electron chi connectivity index (χ0n) is 10.7. The van der Waals surface area contributed by atoms with Gasteiger partial charge in [0.25, 0.3) is 0 Å². The molecule has 0 radical (unpaired) electrons. The monoisotopic (exact) mass is 279 g/mol. The molecule has 0 atom stereocenters. The molecule has 0 aliphatic heterocycles. The Kier molecular flexibility index (Phi) is 2.08. The lowest BCUT2D eigenvalue weighted by Gasteiger charge is -2.00. The highest BCUT2D eigenvalue weighted by molar-refractivity contribution is 6.31. The molecule has 0 bridgehead atoms. The minimum absolute atomic E-state index is 0.197. The Morgan fingerprint density at radius 3 is 2.43 bits per heavy atom. The summed E-state index contributed by atoms with van der Waals surface area (Å²) < 4.78 is 0. The van der Waals surface area contributed by atoms with Gasteiger partial charge in [-0.25, -0.2) is 0 Å². The van der Waals surface area contributed by atoms with Crippen molar-refractivity contribution >= 4 is 32.4 Å². The lowest BCUT2D eigenvalue weighted by Crippen LogP contribution is -1.98. The first-order valence-electron chi connectivity index (χ1n) is 6.34. The summed E-state index contributed by atoms with van der Waals surface area (Å²) in [6, 6.07) is 7.50. The number of aromatic amines is 1. The molecule has 1 heterocycles. The Bertz CT molecular complexity index is 1140. The first-order chi connectivity index (χ1) is 10.1. The van der Waals surface area contributed by atoms with Crippen molar-refractivity contribution in [2.75, 3.05) is 0 Å². The van der Waals surface area contributed by atoms with E-state index in [1.165, 1.54) is 18.2 Å². The zero-order chi connectivity index (χ0) is 14.7. The molecule has 21 heavy (non-hydrogen) atoms. The molecule has 0 saturated heterocycles. The van der Waals surface area contributed by atoms with E-state index < -0.39 is 22.4 Å². The SMILES string of the molecule is O=c1cccc2c3[nH]ccc4cc(=O)c(O)c(c2c1O)c43. The molecule has 3 N–H and O–H groups in total. The summed E-state index contributed by atoms with van der Waals surface area (Å²) in [5.74, 6) is -0.926. The molecule has 1 aromatic heterocycles. The predicted molar refractivity (Wildman–Crippen MR) is 80.4 cm³/mol. The Balaban J connectivity index is 2.58. The van der Waals surface area contributed by atoms with E-state index in [-0.39, 0.29) is 10.8 Å². The van der Waals surface area contributed by atoms with Gasteiger partial charge in [-0.1, -0.05) is 12.1 Å². The molecule has 0 unspecified atom stereocenters. The number of phenols is 1. The highest BCUT2D eigenvalue weighted by atomic mass is 16.3. The van der Waals surface area contributed by atoms with E-state index >= 15 is 0 Å². The van der Waals surface area contributed by atoms with Crippen molar-refractivity contribution in [2.24, 2.45) is 0 Å². The van der Waals surface area contributed by atoms with Crippen LogP contribution in [0.4, 0.5) is 0 Å². The van der Waals surface area contributed by atoms with Gasteiger partial charge in [-0.3, -0.25) is 9.59 Å². The molecule has 0 saturated carbocycles. The van der Waals surface area contributed by atoms with Crippen molar-refractivity contribution in [3.63, 3.8) is 0 Å². The second kappa shape index (κ2) is 3.73. The molecule has 4 rings (SSSR count). The molecule has 5 nitrogen and oxygen atoms in total. The minimum Gasteiger partial charge on any atom is -0.504 e. The number of hydrogen-bond acceptors (Lipinski definition) is 4. The van der Waals surface area contributed by atoms with Gasteiger partial charge < -0.3 is 15.2 Å². The second-order valence-electron chi connectivity index (χ2n) is 4.94. The maximum absolute atomic E-state index is 11.9. The Hall–Kier alpha value is -3.08. The number of pyridine rings is 1. The first kappa shape index (κ1) is 11.7. The van der Waals surface area contributed by atoms with Crippen LogP contribution < -0.4 is 10.9 Å². The summed E-state index contributed by atoms with van der Waals surface area (Å²) >= 11 is 0. The van der Waals surface area contributed by atoms with Crippen LogP contribution in [0.3, 0.4) is 0 Å². The maximum atomic E-state index is 11.9. The average Bonchev–Trinajstić information content (AvgIpc) is 2.72. The topological polar surface area (TPSA) is 90.4 Å². The number of rotatable bonds is 0. The smallest absolute Gasteiger partial charge is 0.221 e. The van der Waals surface area contributed by atoms with Crippen LogP contribution in [0.5, 0.6) is 11.5 Å². The summed E-state index contributed by atoms with van der Waals surface area (Å²) in [4.78, 5) is 26.8. The Morgan fingerprint density at radius 2 is 1.62 bits per heavy atom. The fourth-order valence-electron chi connectivity index (χ4n) is 2.92. The second-order valence-corrected chi connectivity index (χ2v) is 4.94. The van der Waals surface area contributed by atoms with Crippen LogP contribution in [0.2, 0.25) is 0 Å². The summed E-state index contributed by atoms with van der Waals surface area (Å²) in [6.07, 6.45) is 1.68. The average molecular weight is 279 g/mol. The normalized spacial score (nSPS) is 11.6. The van der Waals surface area contributed by atoms with Gasteiger partial charge in [-0.2, -0.15) is 0 Å². The molecule has 0 spiro atoms. The number of benzene rings is 1. The summed E-state index contributed by atoms with van der Waals surface area (Å²) in [6.45, 7) is 0. The Morgan fingerprint density at radius 1 is 0.857 bits per heavy atom. The third kappa shape index (κ3) is 1.34. The van der Waals surface area contributed by atoms with E-state index in [2.05, 4.69) is 4.98 Å². The van der Waals surface area contributed by atoms with Gasteiger partial charge in [-0.05, 0) is 23.6 Å². The number of phenolic OH excluding ortho intramolecular Hbond substituents is 1. The summed E-state index contributed by atoms with van der Waals surface area (Å²) in [5, 5.41) is 22.6. The fourth-order valence-corrected chi connectivity index (χ4v) is 2.92. The van der Waals surface area contributed by atoms with Crippen molar-refractivity contribution in [3.05, 3.63) is 57.0 Å². The van der Waals surface area contributed by atoms with Gasteiger partial charge >= 0.3 is 0 Å². The first-order valence-corrected chi connectivity index (χ1v) is 6.34. The van der Waals surface area contributed by atoms with Crippen molar-refractivity contribution < 1.29 is 10.2 Å². The number of aromatic hydroxyl groups is 2. The van der Waals surface area contributed by atoms with Crippen LogP contribution in [-0.2, 0) is 0 Å². The molecular weight excluding hydrogens is 270 g/mol. The van der Waals surface area contributed by atoms with E-state index in [4.69, 9.17) is 0 Å². The number of H-pyrrole nitrogens is 1. The largest absolute Gasteiger partial charge is 0.504 e. The third-order valence-electron chi connectivity index (χ3n) is 3.81. The lowest BCUT2D eigenvalue weighted by atomic mass is 10.1. The van der Waals surface area contributed by atoms with Gasteiger partial charge in [0.05, 0.1) is 5.52 Å². The number of nitrogens with one attached hydrogen (secondary N) is 1. The fraction of sp³-hybridized carbons (Fsp3) is 0. The van der Waals surface area contributed by atoms with Crippen molar-refractivity contribution in [1.82, 2.24) is 4.98 Å². The van der Waals surface area contributed by atoms with Gasteiger partial charge in [0.15, 0.2) is 11.5 Å². The van der Waals surface area contributed by atoms with Gasteiger partial charge in [0, 0.05) is 27.7 Å². The quantitative estimate of drug-likeness (QED) is 0.459. The van der Waals surface area contributed by atoms with E-state index in [1.807, 2.05) is 0 Å². The third-order valence-corrected chi connectivity index (χ3v) is 3.81. The number of hydrogen-bond donors (Lipinski definition) is 3. The standard InChI is InChI=1S/C16H9NO4/c18-9-3-1-2-8-12(15(9)20)13-11-7(4-5-17-14(8)11)6-10(19)16(13)21/h1-6,17,21H,(H,18,20). The Labute approximate surface area is 117 Å². The van der Waals surface area contributed by atoms with Crippen LogP contribution in [-0.4, -0.2) is 15.2 Å². The molecule has 0 amide bonds. The van der Waals surface area contributed by atoms with Gasteiger partial charge in [0.1, 0.15) is 0 Å². The van der Waals surface area contributed by atoms with E-state index in [0.717, 1.165) is 0 Å². The van der Waals surface area contributed by atoms with Crippen LogP contribution >= 0.6 is 0 Å². The minimum atomic E-state index is -0.562. The van der Waals surface area contributed by atoms with E-state index in [0.29, 0.717) is 21.7 Å². The van der Waals surface area contributed by atoms with Crippen LogP contribution in [0.15, 0.2) is 46.1 Å². The summed E-state index contributed by atoms with van der Waals surface area (Å²) in [7, 11) is 0. The molecule has 0 aliphatic carbocycles. The molecule has 5 heteroatoms. The van der Waals surface area contributed by atoms with E-state index in [9.17, 15) is 19.8 Å². The zero-order valence-corrected chi connectivity index (χ0v) is 10.7. The lowest BCUT2D eigenvalue weighted by molar-refractivity contribution is 0.472. The highest BCUT2D eigenvalue weighted by Gasteiger charge is 2.19. The van der Waals surface area contributed by atoms with Crippen molar-refractivity contribution in [2.45, 2.75) is 0 Å². The molecule has 3 aromatic carbocycles. The predicted octanol–water partition coefficient (Wildman–Crippen LogP) is 2.04. The highest BCUT2D eigenvalue weighted by Crippen LogP contribution is 2.41. The van der Waals surface area contributed by atoms with Crippen molar-refractivity contribution in [1.29, 1.82) is 0 Å². The van der Waals surface area contributed by atoms with Crippen molar-refractivity contribution in [3.8, 4) is 11.5 Å². The van der Waals surface area contributed by atoms with Gasteiger partial charge in [-0.15, -0.1) is 0 Å². The molecule has 0 fully saturated rings. The van der Waals surface area contributed by atoms with Crippen LogP contribution in [0.25, 0.3) is 32.4 Å². The molecule has 4 aromatic rings. The number of aromatic nitrogens is 1. The van der Waals surface area contributed by atoms with Gasteiger partial charge in [0.2, 0.25) is 10.9 Å². The summed E-state index contributed by atoms with van der Waals surface area (Å²) in [5.41, 5.74) is -0.438. The molecule has 0 aliphatic rings. The van der Waals surface area contributed by atoms with Crippen LogP contribution in [0.1, 0.15) is 0 Å². The molecular formula is C16H9NO4. The van der Waals surface area contributed by atoms with Crippen LogP contribution in [0, 0.1) is 0 Å². The maximum Gasteiger partial charge on any atom is 0.221 e. The number of fused-ring (bicyclic) bond motifs is 3. The molecule has 102 valence electrons.